The minimum atomic E-state index is 0.447. The fourth-order valence-electron chi connectivity index (χ4n) is 2.08. The molecule has 0 radical (unpaired) electrons. The van der Waals surface area contributed by atoms with Crippen LogP contribution in [0.5, 0.6) is 11.5 Å². The van der Waals surface area contributed by atoms with Crippen LogP contribution in [0.2, 0.25) is 5.02 Å². The van der Waals surface area contributed by atoms with E-state index in [4.69, 9.17) is 21.1 Å². The molecular formula is C17H20ClNO2. The average molecular weight is 306 g/mol. The van der Waals surface area contributed by atoms with Gasteiger partial charge in [-0.15, -0.1) is 0 Å². The average Bonchev–Trinajstić information content (AvgIpc) is 2.47. The molecule has 0 bridgehead atoms. The second-order valence-corrected chi connectivity index (χ2v) is 5.29. The van der Waals surface area contributed by atoms with Crippen molar-refractivity contribution < 1.29 is 9.47 Å². The highest BCUT2D eigenvalue weighted by Gasteiger charge is 2.07. The first-order valence-corrected chi connectivity index (χ1v) is 7.21. The number of benzene rings is 2. The van der Waals surface area contributed by atoms with Gasteiger partial charge in [-0.1, -0.05) is 23.7 Å². The van der Waals surface area contributed by atoms with Crippen molar-refractivity contribution in [3.05, 3.63) is 58.1 Å². The molecule has 0 aliphatic rings. The lowest BCUT2D eigenvalue weighted by Gasteiger charge is -2.13. The predicted octanol–water partition coefficient (Wildman–Crippen LogP) is 3.96. The SMILES string of the molecule is CNCc1cc(OC)ccc1OCc1ccc(C)cc1Cl. The summed E-state index contributed by atoms with van der Waals surface area (Å²) in [5.74, 6) is 1.66. The van der Waals surface area contributed by atoms with Crippen molar-refractivity contribution in [2.75, 3.05) is 14.2 Å². The highest BCUT2D eigenvalue weighted by atomic mass is 35.5. The summed E-state index contributed by atoms with van der Waals surface area (Å²) in [6, 6.07) is 11.8. The Morgan fingerprint density at radius 1 is 1.10 bits per heavy atom. The van der Waals surface area contributed by atoms with Crippen LogP contribution in [0.25, 0.3) is 0 Å². The van der Waals surface area contributed by atoms with E-state index in [1.807, 2.05) is 50.4 Å². The third-order valence-electron chi connectivity index (χ3n) is 3.23. The van der Waals surface area contributed by atoms with Crippen LogP contribution in [0.4, 0.5) is 0 Å². The molecule has 0 fully saturated rings. The summed E-state index contributed by atoms with van der Waals surface area (Å²) in [6.07, 6.45) is 0. The lowest BCUT2D eigenvalue weighted by Crippen LogP contribution is -2.08. The Morgan fingerprint density at radius 2 is 1.90 bits per heavy atom. The highest BCUT2D eigenvalue weighted by molar-refractivity contribution is 6.31. The van der Waals surface area contributed by atoms with E-state index in [0.717, 1.165) is 33.2 Å². The maximum Gasteiger partial charge on any atom is 0.124 e. The Bertz CT molecular complexity index is 614. The van der Waals surface area contributed by atoms with Crippen molar-refractivity contribution >= 4 is 11.6 Å². The van der Waals surface area contributed by atoms with Crippen molar-refractivity contribution in [1.82, 2.24) is 5.32 Å². The van der Waals surface area contributed by atoms with E-state index in [2.05, 4.69) is 5.32 Å². The topological polar surface area (TPSA) is 30.5 Å². The van der Waals surface area contributed by atoms with Crippen molar-refractivity contribution in [1.29, 1.82) is 0 Å². The minimum absolute atomic E-state index is 0.447. The molecule has 0 spiro atoms. The van der Waals surface area contributed by atoms with Gasteiger partial charge in [0.2, 0.25) is 0 Å². The van der Waals surface area contributed by atoms with E-state index in [0.29, 0.717) is 13.2 Å². The van der Waals surface area contributed by atoms with Gasteiger partial charge in [-0.3, -0.25) is 0 Å². The molecule has 0 aromatic heterocycles. The molecule has 0 unspecified atom stereocenters. The zero-order valence-electron chi connectivity index (χ0n) is 12.6. The second-order valence-electron chi connectivity index (χ2n) is 4.89. The molecule has 112 valence electrons. The zero-order chi connectivity index (χ0) is 15.2. The van der Waals surface area contributed by atoms with Crippen LogP contribution in [-0.4, -0.2) is 14.2 Å². The van der Waals surface area contributed by atoms with Crippen molar-refractivity contribution in [3.8, 4) is 11.5 Å². The summed E-state index contributed by atoms with van der Waals surface area (Å²) < 4.78 is 11.2. The molecule has 0 heterocycles. The maximum absolute atomic E-state index is 6.23. The molecule has 0 saturated heterocycles. The Hall–Kier alpha value is -1.71. The van der Waals surface area contributed by atoms with Gasteiger partial charge in [-0.2, -0.15) is 0 Å². The first-order valence-electron chi connectivity index (χ1n) is 6.83. The number of halogens is 1. The van der Waals surface area contributed by atoms with Gasteiger partial charge >= 0.3 is 0 Å². The van der Waals surface area contributed by atoms with Crippen LogP contribution in [0, 0.1) is 6.92 Å². The summed E-state index contributed by atoms with van der Waals surface area (Å²) in [5, 5.41) is 3.87. The summed E-state index contributed by atoms with van der Waals surface area (Å²) >= 11 is 6.23. The molecule has 0 aliphatic heterocycles. The predicted molar refractivity (Wildman–Crippen MR) is 86.3 cm³/mol. The lowest BCUT2D eigenvalue weighted by molar-refractivity contribution is 0.301. The molecular weight excluding hydrogens is 286 g/mol. The molecule has 0 saturated carbocycles. The summed E-state index contributed by atoms with van der Waals surface area (Å²) in [4.78, 5) is 0. The van der Waals surface area contributed by atoms with Gasteiger partial charge < -0.3 is 14.8 Å². The molecule has 2 aromatic rings. The van der Waals surface area contributed by atoms with Gasteiger partial charge in [0.15, 0.2) is 0 Å². The molecule has 0 atom stereocenters. The van der Waals surface area contributed by atoms with Gasteiger partial charge in [0, 0.05) is 22.7 Å². The van der Waals surface area contributed by atoms with Gasteiger partial charge in [-0.05, 0) is 43.8 Å². The fourth-order valence-corrected chi connectivity index (χ4v) is 2.37. The van der Waals surface area contributed by atoms with Crippen LogP contribution in [-0.2, 0) is 13.2 Å². The van der Waals surface area contributed by atoms with E-state index in [1.165, 1.54) is 0 Å². The molecule has 2 rings (SSSR count). The van der Waals surface area contributed by atoms with Crippen LogP contribution < -0.4 is 14.8 Å². The first-order chi connectivity index (χ1) is 10.1. The number of rotatable bonds is 6. The van der Waals surface area contributed by atoms with Crippen molar-refractivity contribution in [2.45, 2.75) is 20.1 Å². The fraction of sp³-hybridized carbons (Fsp3) is 0.294. The highest BCUT2D eigenvalue weighted by Crippen LogP contribution is 2.26. The van der Waals surface area contributed by atoms with E-state index in [-0.39, 0.29) is 0 Å². The van der Waals surface area contributed by atoms with Crippen LogP contribution in [0.3, 0.4) is 0 Å². The van der Waals surface area contributed by atoms with Crippen molar-refractivity contribution in [3.63, 3.8) is 0 Å². The maximum atomic E-state index is 6.23. The molecule has 3 nitrogen and oxygen atoms in total. The number of nitrogens with one attached hydrogen (secondary N) is 1. The third-order valence-corrected chi connectivity index (χ3v) is 3.58. The van der Waals surface area contributed by atoms with Crippen molar-refractivity contribution in [2.24, 2.45) is 0 Å². The molecule has 1 N–H and O–H groups in total. The Kier molecular flexibility index (Phi) is 5.48. The van der Waals surface area contributed by atoms with Gasteiger partial charge in [0.25, 0.3) is 0 Å². The summed E-state index contributed by atoms with van der Waals surface area (Å²) in [6.45, 7) is 3.18. The molecule has 2 aromatic carbocycles. The third kappa shape index (κ3) is 4.13. The smallest absolute Gasteiger partial charge is 0.124 e. The van der Waals surface area contributed by atoms with E-state index < -0.39 is 0 Å². The number of hydrogen-bond donors (Lipinski definition) is 1. The lowest BCUT2D eigenvalue weighted by atomic mass is 10.1. The number of aryl methyl sites for hydroxylation is 1. The standard InChI is InChI=1S/C17H20ClNO2/c1-12-4-5-13(16(18)8-12)11-21-17-7-6-15(20-3)9-14(17)10-19-2/h4-9,19H,10-11H2,1-3H3. The van der Waals surface area contributed by atoms with Gasteiger partial charge in [-0.25, -0.2) is 0 Å². The monoisotopic (exact) mass is 305 g/mol. The van der Waals surface area contributed by atoms with E-state index in [9.17, 15) is 0 Å². The number of hydrogen-bond acceptors (Lipinski definition) is 3. The minimum Gasteiger partial charge on any atom is -0.497 e. The van der Waals surface area contributed by atoms with Crippen LogP contribution in [0.1, 0.15) is 16.7 Å². The quantitative estimate of drug-likeness (QED) is 0.876. The summed E-state index contributed by atoms with van der Waals surface area (Å²) in [5.41, 5.74) is 3.18. The van der Waals surface area contributed by atoms with Crippen LogP contribution in [0.15, 0.2) is 36.4 Å². The number of ether oxygens (including phenoxy) is 2. The summed E-state index contributed by atoms with van der Waals surface area (Å²) in [7, 11) is 3.56. The first kappa shape index (κ1) is 15.7. The Morgan fingerprint density at radius 3 is 2.57 bits per heavy atom. The normalized spacial score (nSPS) is 10.5. The van der Waals surface area contributed by atoms with Crippen LogP contribution >= 0.6 is 11.6 Å². The molecule has 21 heavy (non-hydrogen) atoms. The molecule has 0 aliphatic carbocycles. The molecule has 4 heteroatoms. The Labute approximate surface area is 130 Å². The van der Waals surface area contributed by atoms with E-state index >= 15 is 0 Å². The molecule has 0 amide bonds. The largest absolute Gasteiger partial charge is 0.497 e. The number of methoxy groups -OCH3 is 1. The Balaban J connectivity index is 2.15. The van der Waals surface area contributed by atoms with Gasteiger partial charge in [0.05, 0.1) is 7.11 Å². The van der Waals surface area contributed by atoms with E-state index in [1.54, 1.807) is 7.11 Å². The second kappa shape index (κ2) is 7.34. The van der Waals surface area contributed by atoms with Gasteiger partial charge in [0.1, 0.15) is 18.1 Å². The zero-order valence-corrected chi connectivity index (χ0v) is 13.3.